The summed E-state index contributed by atoms with van der Waals surface area (Å²) in [6.45, 7) is 6.66. The average molecular weight is 352 g/mol. The molecular weight excluding hydrogens is 324 g/mol. The second-order valence-electron chi connectivity index (χ2n) is 6.89. The summed E-state index contributed by atoms with van der Waals surface area (Å²) in [5.41, 5.74) is 2.90. The Hall–Kier alpha value is -2.33. The zero-order chi connectivity index (χ0) is 18.4. The summed E-state index contributed by atoms with van der Waals surface area (Å²) in [4.78, 5) is 15.5. The Morgan fingerprint density at radius 3 is 2.58 bits per heavy atom. The second-order valence-corrected chi connectivity index (χ2v) is 6.89. The van der Waals surface area contributed by atoms with Crippen LogP contribution in [-0.4, -0.2) is 30.5 Å². The predicted molar refractivity (Wildman–Crippen MR) is 106 cm³/mol. The normalized spacial score (nSPS) is 15.6. The van der Waals surface area contributed by atoms with Gasteiger partial charge >= 0.3 is 0 Å². The van der Waals surface area contributed by atoms with Crippen molar-refractivity contribution in [3.05, 3.63) is 59.7 Å². The summed E-state index contributed by atoms with van der Waals surface area (Å²) in [6.07, 6.45) is 3.22. The van der Waals surface area contributed by atoms with E-state index in [-0.39, 0.29) is 11.9 Å². The minimum absolute atomic E-state index is 0.00306. The summed E-state index contributed by atoms with van der Waals surface area (Å²) < 4.78 is 5.85. The number of likely N-dealkylation sites (tertiary alicyclic amines) is 1. The Morgan fingerprint density at radius 1 is 1.15 bits per heavy atom. The van der Waals surface area contributed by atoms with Gasteiger partial charge in [-0.3, -0.25) is 9.69 Å². The van der Waals surface area contributed by atoms with Gasteiger partial charge in [0.05, 0.1) is 12.3 Å². The molecule has 4 heteroatoms. The predicted octanol–water partition coefficient (Wildman–Crippen LogP) is 4.56. The highest BCUT2D eigenvalue weighted by Gasteiger charge is 2.30. The maximum atomic E-state index is 13.2. The van der Waals surface area contributed by atoms with Gasteiger partial charge in [0.1, 0.15) is 11.8 Å². The van der Waals surface area contributed by atoms with E-state index in [1.807, 2.05) is 55.5 Å². The van der Waals surface area contributed by atoms with Crippen LogP contribution in [0.15, 0.2) is 48.5 Å². The molecule has 2 aromatic carbocycles. The molecule has 0 saturated carbocycles. The molecule has 2 aromatic rings. The molecule has 4 nitrogen and oxygen atoms in total. The molecule has 1 fully saturated rings. The molecule has 1 heterocycles. The van der Waals surface area contributed by atoms with Crippen molar-refractivity contribution in [1.29, 1.82) is 0 Å². The minimum Gasteiger partial charge on any atom is -0.491 e. The number of aryl methyl sites for hydroxylation is 1. The number of carbonyl (C=O) groups excluding carboxylic acids is 1. The molecule has 1 N–H and O–H groups in total. The van der Waals surface area contributed by atoms with E-state index in [0.717, 1.165) is 54.9 Å². The van der Waals surface area contributed by atoms with Crippen LogP contribution in [0.2, 0.25) is 0 Å². The summed E-state index contributed by atoms with van der Waals surface area (Å²) in [5, 5.41) is 3.12. The number of hydrogen-bond acceptors (Lipinski definition) is 3. The SMILES string of the molecule is CCCOc1cc(C)ccc1NC(=O)C(c1ccccc1)N1CCCC1. The lowest BCUT2D eigenvalue weighted by Gasteiger charge is -2.27. The van der Waals surface area contributed by atoms with Crippen LogP contribution in [-0.2, 0) is 4.79 Å². The van der Waals surface area contributed by atoms with Gasteiger partial charge in [0.15, 0.2) is 0 Å². The highest BCUT2D eigenvalue weighted by molar-refractivity contribution is 5.96. The molecule has 0 aliphatic carbocycles. The number of nitrogens with one attached hydrogen (secondary N) is 1. The molecule has 1 aliphatic rings. The van der Waals surface area contributed by atoms with E-state index in [1.54, 1.807) is 0 Å². The maximum absolute atomic E-state index is 13.2. The Bertz CT molecular complexity index is 724. The van der Waals surface area contributed by atoms with Gasteiger partial charge in [-0.2, -0.15) is 0 Å². The molecular formula is C22H28N2O2. The topological polar surface area (TPSA) is 41.6 Å². The van der Waals surface area contributed by atoms with Gasteiger partial charge in [0, 0.05) is 0 Å². The third kappa shape index (κ3) is 4.44. The van der Waals surface area contributed by atoms with Crippen LogP contribution < -0.4 is 10.1 Å². The first-order valence-corrected chi connectivity index (χ1v) is 9.52. The zero-order valence-electron chi connectivity index (χ0n) is 15.7. The first kappa shape index (κ1) is 18.5. The molecule has 0 radical (unpaired) electrons. The standard InChI is InChI=1S/C22H28N2O2/c1-3-15-26-20-16-17(2)11-12-19(20)23-22(25)21(24-13-7-8-14-24)18-9-5-4-6-10-18/h4-6,9-12,16,21H,3,7-8,13-15H2,1-2H3,(H,23,25). The van der Waals surface area contributed by atoms with Crippen molar-refractivity contribution >= 4 is 11.6 Å². The summed E-state index contributed by atoms with van der Waals surface area (Å²) in [7, 11) is 0. The summed E-state index contributed by atoms with van der Waals surface area (Å²) in [6, 6.07) is 15.7. The Balaban J connectivity index is 1.84. The average Bonchev–Trinajstić information content (AvgIpc) is 3.17. The molecule has 138 valence electrons. The molecule has 1 amide bonds. The lowest BCUT2D eigenvalue weighted by Crippen LogP contribution is -2.35. The van der Waals surface area contributed by atoms with Crippen LogP contribution in [0.3, 0.4) is 0 Å². The van der Waals surface area contributed by atoms with E-state index in [0.29, 0.717) is 6.61 Å². The van der Waals surface area contributed by atoms with Crippen molar-refractivity contribution < 1.29 is 9.53 Å². The molecule has 1 saturated heterocycles. The van der Waals surface area contributed by atoms with Crippen LogP contribution in [0.4, 0.5) is 5.69 Å². The number of nitrogens with zero attached hydrogens (tertiary/aromatic N) is 1. The van der Waals surface area contributed by atoms with Crippen molar-refractivity contribution in [3.63, 3.8) is 0 Å². The first-order valence-electron chi connectivity index (χ1n) is 9.52. The second kappa shape index (κ2) is 8.86. The first-order chi connectivity index (χ1) is 12.7. The number of anilines is 1. The summed E-state index contributed by atoms with van der Waals surface area (Å²) in [5.74, 6) is 0.747. The third-order valence-electron chi connectivity index (χ3n) is 4.73. The van der Waals surface area contributed by atoms with Gasteiger partial charge in [-0.1, -0.05) is 43.3 Å². The van der Waals surface area contributed by atoms with Crippen LogP contribution in [0.5, 0.6) is 5.75 Å². The lowest BCUT2D eigenvalue weighted by atomic mass is 10.0. The molecule has 26 heavy (non-hydrogen) atoms. The molecule has 1 atom stereocenters. The van der Waals surface area contributed by atoms with E-state index >= 15 is 0 Å². The zero-order valence-corrected chi connectivity index (χ0v) is 15.7. The van der Waals surface area contributed by atoms with E-state index in [4.69, 9.17) is 4.74 Å². The number of rotatable bonds is 7. The Morgan fingerprint density at radius 2 is 1.88 bits per heavy atom. The fourth-order valence-electron chi connectivity index (χ4n) is 3.43. The largest absolute Gasteiger partial charge is 0.491 e. The number of benzene rings is 2. The van der Waals surface area contributed by atoms with Gasteiger partial charge < -0.3 is 10.1 Å². The molecule has 0 aromatic heterocycles. The molecule has 0 spiro atoms. The number of carbonyl (C=O) groups is 1. The fraction of sp³-hybridized carbons (Fsp3) is 0.409. The molecule has 1 unspecified atom stereocenters. The van der Waals surface area contributed by atoms with Crippen molar-refractivity contribution in [2.24, 2.45) is 0 Å². The van der Waals surface area contributed by atoms with Gasteiger partial charge in [-0.05, 0) is 62.5 Å². The van der Waals surface area contributed by atoms with Crippen LogP contribution >= 0.6 is 0 Å². The fourth-order valence-corrected chi connectivity index (χ4v) is 3.43. The van der Waals surface area contributed by atoms with Gasteiger partial charge in [-0.15, -0.1) is 0 Å². The highest BCUT2D eigenvalue weighted by Crippen LogP contribution is 2.30. The van der Waals surface area contributed by atoms with Gasteiger partial charge in [0.25, 0.3) is 0 Å². The third-order valence-corrected chi connectivity index (χ3v) is 4.73. The van der Waals surface area contributed by atoms with Crippen molar-refractivity contribution in [2.75, 3.05) is 25.0 Å². The Kier molecular flexibility index (Phi) is 6.29. The smallest absolute Gasteiger partial charge is 0.246 e. The number of hydrogen-bond donors (Lipinski definition) is 1. The van der Waals surface area contributed by atoms with Crippen LogP contribution in [0.25, 0.3) is 0 Å². The van der Waals surface area contributed by atoms with Gasteiger partial charge in [-0.25, -0.2) is 0 Å². The van der Waals surface area contributed by atoms with Gasteiger partial charge in [0.2, 0.25) is 5.91 Å². The van der Waals surface area contributed by atoms with Crippen molar-refractivity contribution in [2.45, 2.75) is 39.2 Å². The molecule has 1 aliphatic heterocycles. The van der Waals surface area contributed by atoms with E-state index < -0.39 is 0 Å². The van der Waals surface area contributed by atoms with E-state index in [2.05, 4.69) is 17.1 Å². The van der Waals surface area contributed by atoms with E-state index in [9.17, 15) is 4.79 Å². The maximum Gasteiger partial charge on any atom is 0.246 e. The monoisotopic (exact) mass is 352 g/mol. The highest BCUT2D eigenvalue weighted by atomic mass is 16.5. The molecule has 3 rings (SSSR count). The summed E-state index contributed by atoms with van der Waals surface area (Å²) >= 11 is 0. The minimum atomic E-state index is -0.265. The van der Waals surface area contributed by atoms with E-state index in [1.165, 1.54) is 0 Å². The quantitative estimate of drug-likeness (QED) is 0.794. The molecule has 0 bridgehead atoms. The van der Waals surface area contributed by atoms with Crippen molar-refractivity contribution in [3.8, 4) is 5.75 Å². The van der Waals surface area contributed by atoms with Crippen molar-refractivity contribution in [1.82, 2.24) is 4.90 Å². The van der Waals surface area contributed by atoms with Crippen LogP contribution in [0.1, 0.15) is 43.4 Å². The lowest BCUT2D eigenvalue weighted by molar-refractivity contribution is -0.121. The number of ether oxygens (including phenoxy) is 1. The Labute approximate surface area is 156 Å². The number of amides is 1. The van der Waals surface area contributed by atoms with Crippen LogP contribution in [0, 0.1) is 6.92 Å².